The van der Waals surface area contributed by atoms with Crippen LogP contribution in [-0.2, 0) is 13.2 Å². The topological polar surface area (TPSA) is 41.7 Å². The van der Waals surface area contributed by atoms with Gasteiger partial charge in [-0.15, -0.1) is 0 Å². The molecular formula is C20H27N3O. The molecule has 0 bridgehead atoms. The zero-order valence-corrected chi connectivity index (χ0v) is 14.6. The molecule has 0 amide bonds. The second-order valence-corrected chi connectivity index (χ2v) is 6.62. The zero-order chi connectivity index (χ0) is 16.9. The van der Waals surface area contributed by atoms with E-state index in [1.165, 1.54) is 16.7 Å². The molecule has 1 atom stereocenters. The van der Waals surface area contributed by atoms with E-state index in [9.17, 15) is 0 Å². The minimum Gasteiger partial charge on any atom is -0.489 e. The summed E-state index contributed by atoms with van der Waals surface area (Å²) in [6.45, 7) is 4.20. The Bertz CT molecular complexity index is 657. The summed E-state index contributed by atoms with van der Waals surface area (Å²) in [7, 11) is 4.21. The van der Waals surface area contributed by atoms with Crippen molar-refractivity contribution >= 4 is 0 Å². The summed E-state index contributed by atoms with van der Waals surface area (Å²) in [5.41, 5.74) is 9.87. The number of hydrogen-bond donors (Lipinski definition) is 1. The highest BCUT2D eigenvalue weighted by molar-refractivity contribution is 5.45. The van der Waals surface area contributed by atoms with Crippen molar-refractivity contribution in [2.45, 2.75) is 19.2 Å². The average molecular weight is 325 g/mol. The Morgan fingerprint density at radius 2 is 1.92 bits per heavy atom. The van der Waals surface area contributed by atoms with E-state index in [1.807, 2.05) is 18.2 Å². The molecule has 128 valence electrons. The van der Waals surface area contributed by atoms with E-state index >= 15 is 0 Å². The molecule has 0 spiro atoms. The molecule has 0 radical (unpaired) electrons. The second kappa shape index (κ2) is 7.79. The molecule has 0 aliphatic carbocycles. The van der Waals surface area contributed by atoms with E-state index in [0.29, 0.717) is 19.2 Å². The van der Waals surface area contributed by atoms with E-state index in [0.717, 1.165) is 25.4 Å². The Labute approximate surface area is 144 Å². The third kappa shape index (κ3) is 3.78. The third-order valence-electron chi connectivity index (χ3n) is 4.63. The maximum absolute atomic E-state index is 6.12. The van der Waals surface area contributed by atoms with Gasteiger partial charge in [0, 0.05) is 37.8 Å². The Kier molecular flexibility index (Phi) is 5.51. The summed E-state index contributed by atoms with van der Waals surface area (Å²) in [6.07, 6.45) is 0. The number of hydrogen-bond acceptors (Lipinski definition) is 4. The van der Waals surface area contributed by atoms with E-state index in [2.05, 4.69) is 54.2 Å². The lowest BCUT2D eigenvalue weighted by Crippen LogP contribution is -2.33. The minimum absolute atomic E-state index is 0.292. The van der Waals surface area contributed by atoms with Crippen LogP contribution in [0.25, 0.3) is 0 Å². The maximum atomic E-state index is 6.12. The van der Waals surface area contributed by atoms with Crippen molar-refractivity contribution in [1.29, 1.82) is 0 Å². The lowest BCUT2D eigenvalue weighted by molar-refractivity contribution is 0.196. The van der Waals surface area contributed by atoms with Crippen molar-refractivity contribution in [3.63, 3.8) is 0 Å². The zero-order valence-electron chi connectivity index (χ0n) is 14.6. The molecule has 0 saturated heterocycles. The highest BCUT2D eigenvalue weighted by atomic mass is 16.5. The predicted octanol–water partition coefficient (Wildman–Crippen LogP) is 2.64. The van der Waals surface area contributed by atoms with Crippen LogP contribution in [0.2, 0.25) is 0 Å². The number of fused-ring (bicyclic) bond motifs is 1. The quantitative estimate of drug-likeness (QED) is 0.850. The Hall–Kier alpha value is -1.88. The molecule has 24 heavy (non-hydrogen) atoms. The van der Waals surface area contributed by atoms with Gasteiger partial charge in [-0.3, -0.25) is 4.90 Å². The number of rotatable bonds is 7. The third-order valence-corrected chi connectivity index (χ3v) is 4.63. The van der Waals surface area contributed by atoms with Crippen LogP contribution < -0.4 is 10.5 Å². The summed E-state index contributed by atoms with van der Waals surface area (Å²) in [4.78, 5) is 4.67. The van der Waals surface area contributed by atoms with E-state index in [4.69, 9.17) is 10.5 Å². The highest BCUT2D eigenvalue weighted by Crippen LogP contribution is 2.38. The largest absolute Gasteiger partial charge is 0.489 e. The Morgan fingerprint density at radius 3 is 2.62 bits per heavy atom. The van der Waals surface area contributed by atoms with Gasteiger partial charge in [-0.2, -0.15) is 0 Å². The summed E-state index contributed by atoms with van der Waals surface area (Å²) in [5.74, 6) is 0.988. The first-order valence-corrected chi connectivity index (χ1v) is 8.56. The van der Waals surface area contributed by atoms with Gasteiger partial charge in [0.25, 0.3) is 0 Å². The summed E-state index contributed by atoms with van der Waals surface area (Å²) in [6, 6.07) is 16.9. The van der Waals surface area contributed by atoms with Crippen LogP contribution in [0.4, 0.5) is 0 Å². The average Bonchev–Trinajstić information content (AvgIpc) is 2.97. The fourth-order valence-corrected chi connectivity index (χ4v) is 3.28. The molecule has 0 fully saturated rings. The number of ether oxygens (including phenoxy) is 1. The smallest absolute Gasteiger partial charge is 0.124 e. The molecule has 2 aromatic rings. The van der Waals surface area contributed by atoms with Gasteiger partial charge < -0.3 is 15.4 Å². The minimum atomic E-state index is 0.292. The van der Waals surface area contributed by atoms with Gasteiger partial charge in [0.05, 0.1) is 0 Å². The van der Waals surface area contributed by atoms with Gasteiger partial charge in [-0.1, -0.05) is 42.5 Å². The number of likely N-dealkylation sites (N-methyl/N-ethyl adjacent to an activating group) is 1. The van der Waals surface area contributed by atoms with Gasteiger partial charge >= 0.3 is 0 Å². The number of nitrogens with two attached hydrogens (primary N) is 1. The van der Waals surface area contributed by atoms with Crippen LogP contribution in [0.15, 0.2) is 48.5 Å². The standard InChI is InChI=1S/C20H27N3O/c1-22(2)11-12-23-14-18-17(19(23)13-21)9-6-10-20(18)24-15-16-7-4-3-5-8-16/h3-10,19H,11-15,21H2,1-2H3. The SMILES string of the molecule is CN(C)CCN1Cc2c(OCc3ccccc3)cccc2C1CN. The molecule has 1 aliphatic heterocycles. The lowest BCUT2D eigenvalue weighted by Gasteiger charge is -2.25. The first-order valence-electron chi connectivity index (χ1n) is 8.56. The van der Waals surface area contributed by atoms with Crippen molar-refractivity contribution in [1.82, 2.24) is 9.80 Å². The molecule has 2 N–H and O–H groups in total. The molecule has 2 aromatic carbocycles. The van der Waals surface area contributed by atoms with Crippen LogP contribution in [-0.4, -0.2) is 43.5 Å². The molecule has 0 saturated carbocycles. The van der Waals surface area contributed by atoms with Gasteiger partial charge in [0.15, 0.2) is 0 Å². The van der Waals surface area contributed by atoms with Crippen molar-refractivity contribution < 1.29 is 4.74 Å². The second-order valence-electron chi connectivity index (χ2n) is 6.62. The van der Waals surface area contributed by atoms with Crippen molar-refractivity contribution in [2.75, 3.05) is 33.7 Å². The normalized spacial score (nSPS) is 17.2. The molecule has 1 unspecified atom stereocenters. The monoisotopic (exact) mass is 325 g/mol. The van der Waals surface area contributed by atoms with E-state index < -0.39 is 0 Å². The molecule has 3 rings (SSSR count). The van der Waals surface area contributed by atoms with Crippen molar-refractivity contribution in [3.05, 3.63) is 65.2 Å². The van der Waals surface area contributed by atoms with E-state index in [1.54, 1.807) is 0 Å². The first kappa shape index (κ1) is 17.0. The lowest BCUT2D eigenvalue weighted by atomic mass is 10.0. The summed E-state index contributed by atoms with van der Waals surface area (Å²) in [5, 5.41) is 0. The fraction of sp³-hybridized carbons (Fsp3) is 0.400. The van der Waals surface area contributed by atoms with Crippen LogP contribution in [0.3, 0.4) is 0 Å². The molecule has 1 heterocycles. The van der Waals surface area contributed by atoms with Crippen LogP contribution >= 0.6 is 0 Å². The predicted molar refractivity (Wildman–Crippen MR) is 98.0 cm³/mol. The van der Waals surface area contributed by atoms with Crippen LogP contribution in [0, 0.1) is 0 Å². The number of benzene rings is 2. The van der Waals surface area contributed by atoms with Gasteiger partial charge in [0.1, 0.15) is 12.4 Å². The van der Waals surface area contributed by atoms with Gasteiger partial charge in [-0.05, 0) is 31.3 Å². The van der Waals surface area contributed by atoms with Gasteiger partial charge in [0.2, 0.25) is 0 Å². The molecule has 4 heteroatoms. The first-order chi connectivity index (χ1) is 11.7. The Morgan fingerprint density at radius 1 is 1.12 bits per heavy atom. The fourth-order valence-electron chi connectivity index (χ4n) is 3.28. The molecule has 1 aliphatic rings. The Balaban J connectivity index is 1.75. The van der Waals surface area contributed by atoms with Crippen molar-refractivity contribution in [3.8, 4) is 5.75 Å². The highest BCUT2D eigenvalue weighted by Gasteiger charge is 2.31. The maximum Gasteiger partial charge on any atom is 0.124 e. The van der Waals surface area contributed by atoms with E-state index in [-0.39, 0.29) is 0 Å². The van der Waals surface area contributed by atoms with Crippen molar-refractivity contribution in [2.24, 2.45) is 5.73 Å². The van der Waals surface area contributed by atoms with Gasteiger partial charge in [-0.25, -0.2) is 0 Å². The number of nitrogens with zero attached hydrogens (tertiary/aromatic N) is 2. The molecular weight excluding hydrogens is 298 g/mol. The summed E-state index contributed by atoms with van der Waals surface area (Å²) < 4.78 is 6.12. The molecule has 0 aromatic heterocycles. The summed E-state index contributed by atoms with van der Waals surface area (Å²) >= 11 is 0. The van der Waals surface area contributed by atoms with Crippen LogP contribution in [0.5, 0.6) is 5.75 Å². The molecule has 4 nitrogen and oxygen atoms in total. The van der Waals surface area contributed by atoms with Crippen LogP contribution in [0.1, 0.15) is 22.7 Å².